The Hall–Kier alpha value is -2.22. The van der Waals surface area contributed by atoms with Gasteiger partial charge < -0.3 is 25.4 Å². The second-order valence-corrected chi connectivity index (χ2v) is 6.70. The predicted molar refractivity (Wildman–Crippen MR) is 101 cm³/mol. The molecule has 0 saturated carbocycles. The van der Waals surface area contributed by atoms with Gasteiger partial charge in [0, 0.05) is 38.2 Å². The lowest BCUT2D eigenvalue weighted by atomic mass is 10.0. The van der Waals surface area contributed by atoms with Crippen molar-refractivity contribution in [3.63, 3.8) is 0 Å². The molecular weight excluding hydrogens is 332 g/mol. The zero-order valence-corrected chi connectivity index (χ0v) is 15.0. The van der Waals surface area contributed by atoms with E-state index in [0.717, 1.165) is 36.8 Å². The van der Waals surface area contributed by atoms with Gasteiger partial charge in [0.05, 0.1) is 30.1 Å². The molecule has 1 aromatic carbocycles. The van der Waals surface area contributed by atoms with Gasteiger partial charge in [0.1, 0.15) is 0 Å². The minimum atomic E-state index is -0.465. The Morgan fingerprint density at radius 2 is 2.15 bits per heavy atom. The average molecular weight is 358 g/mol. The number of aliphatic hydroxyl groups excluding tert-OH is 1. The highest BCUT2D eigenvalue weighted by Crippen LogP contribution is 2.16. The van der Waals surface area contributed by atoms with Crippen molar-refractivity contribution in [1.29, 1.82) is 0 Å². The molecule has 26 heavy (non-hydrogen) atoms. The Kier molecular flexibility index (Phi) is 6.38. The first-order valence-electron chi connectivity index (χ1n) is 8.95. The maximum Gasteiger partial charge on any atom is 0.319 e. The summed E-state index contributed by atoms with van der Waals surface area (Å²) in [7, 11) is 1.59. The summed E-state index contributed by atoms with van der Waals surface area (Å²) < 4.78 is 4.96. The number of nitrogens with zero attached hydrogens (tertiary/aromatic N) is 2. The number of anilines is 1. The van der Waals surface area contributed by atoms with Gasteiger partial charge in [0.2, 0.25) is 0 Å². The molecular formula is C19H26N4O3. The lowest BCUT2D eigenvalue weighted by molar-refractivity contribution is 0.0315. The number of pyridine rings is 1. The molecule has 0 radical (unpaired) electrons. The van der Waals surface area contributed by atoms with Crippen molar-refractivity contribution in [3.05, 3.63) is 36.5 Å². The van der Waals surface area contributed by atoms with E-state index in [2.05, 4.69) is 20.5 Å². The largest absolute Gasteiger partial charge is 0.389 e. The molecule has 1 atom stereocenters. The number of β-amino-alcohol motifs (C(OH)–C–C–N with tert-alkyl or cyclic N) is 1. The topological polar surface area (TPSA) is 86.7 Å². The lowest BCUT2D eigenvalue weighted by Crippen LogP contribution is -2.47. The number of aliphatic hydroxyl groups is 1. The molecule has 3 rings (SSSR count). The number of likely N-dealkylation sites (tertiary alicyclic amines) is 1. The number of piperidine rings is 1. The molecule has 1 saturated heterocycles. The van der Waals surface area contributed by atoms with Crippen molar-refractivity contribution in [2.75, 3.05) is 38.7 Å². The maximum absolute atomic E-state index is 12.2. The summed E-state index contributed by atoms with van der Waals surface area (Å²) >= 11 is 0. The molecule has 7 heteroatoms. The van der Waals surface area contributed by atoms with E-state index in [-0.39, 0.29) is 12.1 Å². The molecule has 140 valence electrons. The second kappa shape index (κ2) is 8.93. The Balaban J connectivity index is 1.45. The number of fused-ring (bicyclic) bond motifs is 1. The van der Waals surface area contributed by atoms with Crippen LogP contribution in [0.2, 0.25) is 0 Å². The Labute approximate surface area is 153 Å². The third-order valence-corrected chi connectivity index (χ3v) is 4.60. The first-order valence-corrected chi connectivity index (χ1v) is 8.95. The molecule has 1 fully saturated rings. The summed E-state index contributed by atoms with van der Waals surface area (Å²) in [6.07, 6.45) is 2.93. The van der Waals surface area contributed by atoms with Gasteiger partial charge in [-0.1, -0.05) is 18.2 Å². The van der Waals surface area contributed by atoms with Crippen molar-refractivity contribution in [1.82, 2.24) is 15.2 Å². The Morgan fingerprint density at radius 3 is 2.92 bits per heavy atom. The number of nitrogens with one attached hydrogen (secondary N) is 2. The van der Waals surface area contributed by atoms with E-state index in [1.165, 1.54) is 0 Å². The molecule has 0 unspecified atom stereocenters. The molecule has 3 N–H and O–H groups in total. The molecule has 1 aliphatic rings. The highest BCUT2D eigenvalue weighted by Gasteiger charge is 2.22. The zero-order valence-electron chi connectivity index (χ0n) is 15.0. The third kappa shape index (κ3) is 5.14. The van der Waals surface area contributed by atoms with E-state index in [0.29, 0.717) is 18.8 Å². The predicted octanol–water partition coefficient (Wildman–Crippen LogP) is 1.83. The van der Waals surface area contributed by atoms with Crippen molar-refractivity contribution in [2.24, 2.45) is 0 Å². The number of hydrogen-bond acceptors (Lipinski definition) is 5. The molecule has 0 spiro atoms. The molecule has 7 nitrogen and oxygen atoms in total. The van der Waals surface area contributed by atoms with Gasteiger partial charge in [-0.05, 0) is 25.0 Å². The van der Waals surface area contributed by atoms with Gasteiger partial charge in [0.25, 0.3) is 0 Å². The summed E-state index contributed by atoms with van der Waals surface area (Å²) in [6.45, 7) is 2.66. The van der Waals surface area contributed by atoms with Crippen molar-refractivity contribution in [2.45, 2.75) is 25.0 Å². The van der Waals surface area contributed by atoms with E-state index < -0.39 is 6.10 Å². The van der Waals surface area contributed by atoms with Gasteiger partial charge in [-0.15, -0.1) is 0 Å². The molecule has 1 aromatic heterocycles. The maximum atomic E-state index is 12.2. The van der Waals surface area contributed by atoms with Crippen molar-refractivity contribution >= 4 is 22.6 Å². The van der Waals surface area contributed by atoms with Gasteiger partial charge in [-0.3, -0.25) is 4.98 Å². The van der Waals surface area contributed by atoms with Crippen LogP contribution in [-0.4, -0.2) is 66.5 Å². The fourth-order valence-electron chi connectivity index (χ4n) is 3.29. The van der Waals surface area contributed by atoms with Crippen LogP contribution in [0.3, 0.4) is 0 Å². The van der Waals surface area contributed by atoms with Gasteiger partial charge in [0.15, 0.2) is 0 Å². The Morgan fingerprint density at radius 1 is 1.38 bits per heavy atom. The van der Waals surface area contributed by atoms with Crippen molar-refractivity contribution < 1.29 is 14.6 Å². The van der Waals surface area contributed by atoms with Crippen LogP contribution < -0.4 is 10.6 Å². The van der Waals surface area contributed by atoms with Gasteiger partial charge >= 0.3 is 6.03 Å². The third-order valence-electron chi connectivity index (χ3n) is 4.60. The summed E-state index contributed by atoms with van der Waals surface area (Å²) in [5.74, 6) is 0. The second-order valence-electron chi connectivity index (χ2n) is 6.70. The van der Waals surface area contributed by atoms with Crippen LogP contribution in [0.1, 0.15) is 12.8 Å². The summed E-state index contributed by atoms with van der Waals surface area (Å²) in [4.78, 5) is 18.8. The number of ether oxygens (including phenoxy) is 1. The number of amides is 2. The fourth-order valence-corrected chi connectivity index (χ4v) is 3.29. The number of benzene rings is 1. The quantitative estimate of drug-likeness (QED) is 0.733. The molecule has 0 aliphatic carbocycles. The normalized spacial score (nSPS) is 17.2. The van der Waals surface area contributed by atoms with Crippen LogP contribution in [0.5, 0.6) is 0 Å². The summed E-state index contributed by atoms with van der Waals surface area (Å²) in [5.41, 5.74) is 1.59. The average Bonchev–Trinajstić information content (AvgIpc) is 2.63. The summed E-state index contributed by atoms with van der Waals surface area (Å²) in [6, 6.07) is 9.65. The van der Waals surface area contributed by atoms with E-state index >= 15 is 0 Å². The first-order chi connectivity index (χ1) is 12.6. The number of aromatic nitrogens is 1. The number of hydrogen-bond donors (Lipinski definition) is 3. The van der Waals surface area contributed by atoms with Gasteiger partial charge in [-0.25, -0.2) is 4.79 Å². The van der Waals surface area contributed by atoms with Crippen LogP contribution in [0, 0.1) is 0 Å². The SMILES string of the molecule is COC[C@@H](O)CN1CCC(NC(=O)Nc2cnc3ccccc3c2)CC1. The number of carbonyl (C=O) groups excluding carboxylic acids is 1. The van der Waals surface area contributed by atoms with Crippen molar-refractivity contribution in [3.8, 4) is 0 Å². The van der Waals surface area contributed by atoms with Crippen LogP contribution in [-0.2, 0) is 4.74 Å². The van der Waals surface area contributed by atoms with Crippen LogP contribution in [0.4, 0.5) is 10.5 Å². The fraction of sp³-hybridized carbons (Fsp3) is 0.474. The smallest absolute Gasteiger partial charge is 0.319 e. The van der Waals surface area contributed by atoms with Crippen LogP contribution >= 0.6 is 0 Å². The number of rotatable bonds is 6. The highest BCUT2D eigenvalue weighted by atomic mass is 16.5. The lowest BCUT2D eigenvalue weighted by Gasteiger charge is -2.33. The molecule has 2 heterocycles. The van der Waals surface area contributed by atoms with Gasteiger partial charge in [-0.2, -0.15) is 0 Å². The van der Waals surface area contributed by atoms with Crippen LogP contribution in [0.25, 0.3) is 10.9 Å². The first kappa shape index (κ1) is 18.6. The van der Waals surface area contributed by atoms with Crippen LogP contribution in [0.15, 0.2) is 36.5 Å². The number of urea groups is 1. The molecule has 2 aromatic rings. The standard InChI is InChI=1S/C19H26N4O3/c1-26-13-17(24)12-23-8-6-15(7-9-23)21-19(25)22-16-10-14-4-2-3-5-18(14)20-11-16/h2-5,10-11,15,17,24H,6-9,12-13H2,1H3,(H2,21,22,25)/t17-/m0/s1. The monoisotopic (exact) mass is 358 g/mol. The van der Waals surface area contributed by atoms with E-state index in [9.17, 15) is 9.90 Å². The van der Waals surface area contributed by atoms with E-state index in [1.54, 1.807) is 13.3 Å². The minimum absolute atomic E-state index is 0.138. The van der Waals surface area contributed by atoms with E-state index in [1.807, 2.05) is 30.3 Å². The zero-order chi connectivity index (χ0) is 18.4. The minimum Gasteiger partial charge on any atom is -0.389 e. The molecule has 2 amide bonds. The number of para-hydroxylation sites is 1. The summed E-state index contributed by atoms with van der Waals surface area (Å²) in [5, 5.41) is 16.7. The molecule has 1 aliphatic heterocycles. The van der Waals surface area contributed by atoms with E-state index in [4.69, 9.17) is 4.74 Å². The number of methoxy groups -OCH3 is 1. The molecule has 0 bridgehead atoms. The number of carbonyl (C=O) groups is 1. The Bertz CT molecular complexity index is 732. The highest BCUT2D eigenvalue weighted by molar-refractivity contribution is 5.92.